The van der Waals surface area contributed by atoms with Crippen LogP contribution in [0.15, 0.2) is 120 Å². The maximum Gasteiger partial charge on any atom is 0.343 e. The number of nitrogens with zero attached hydrogens (tertiary/aromatic N) is 3. The number of benzene rings is 4. The molecule has 0 atom stereocenters. The Bertz CT molecular complexity index is 2080. The molecule has 0 amide bonds. The molecule has 284 valence electrons. The zero-order valence-corrected chi connectivity index (χ0v) is 32.9. The second-order valence-electron chi connectivity index (χ2n) is 13.3. The van der Waals surface area contributed by atoms with Crippen molar-refractivity contribution in [3.8, 4) is 39.9 Å². The minimum absolute atomic E-state index is 0.224. The van der Waals surface area contributed by atoms with Crippen LogP contribution in [0, 0.1) is 0 Å². The summed E-state index contributed by atoms with van der Waals surface area (Å²) in [4.78, 5) is 25.7. The van der Waals surface area contributed by atoms with Crippen LogP contribution >= 0.6 is 15.9 Å². The lowest BCUT2D eigenvalue weighted by Gasteiger charge is -2.14. The highest BCUT2D eigenvalue weighted by Crippen LogP contribution is 2.34. The highest BCUT2D eigenvalue weighted by molar-refractivity contribution is 9.10. The van der Waals surface area contributed by atoms with E-state index in [1.165, 1.54) is 25.7 Å². The van der Waals surface area contributed by atoms with Crippen LogP contribution in [0.3, 0.4) is 0 Å². The van der Waals surface area contributed by atoms with Crippen molar-refractivity contribution in [2.45, 2.75) is 71.1 Å². The van der Waals surface area contributed by atoms with Crippen molar-refractivity contribution >= 4 is 27.9 Å². The molecule has 1 heterocycles. The Morgan fingerprint density at radius 3 is 1.76 bits per heavy atom. The van der Waals surface area contributed by atoms with Gasteiger partial charge < -0.3 is 18.9 Å². The van der Waals surface area contributed by atoms with Crippen LogP contribution in [0.4, 0.5) is 0 Å². The quantitative estimate of drug-likeness (QED) is 0.0462. The molecule has 0 fully saturated rings. The molecule has 9 nitrogen and oxygen atoms in total. The average Bonchev–Trinajstić information content (AvgIpc) is 3.89. The maximum atomic E-state index is 13.0. The van der Waals surface area contributed by atoms with Crippen LogP contribution in [-0.4, -0.2) is 40.1 Å². The Balaban J connectivity index is 1.06. The number of halogens is 1. The lowest BCUT2D eigenvalue weighted by Crippen LogP contribution is -2.09. The molecule has 0 saturated heterocycles. The largest absolute Gasteiger partial charge is 0.490 e. The van der Waals surface area contributed by atoms with Crippen molar-refractivity contribution in [3.63, 3.8) is 0 Å². The summed E-state index contributed by atoms with van der Waals surface area (Å²) in [6.07, 6.45) is 17.2. The smallest absolute Gasteiger partial charge is 0.343 e. The lowest BCUT2D eigenvalue weighted by atomic mass is 10.00. The van der Waals surface area contributed by atoms with Crippen LogP contribution in [0.25, 0.3) is 16.9 Å². The Hall–Kier alpha value is -5.48. The Morgan fingerprint density at radius 1 is 0.655 bits per heavy atom. The molecule has 0 saturated carbocycles. The zero-order chi connectivity index (χ0) is 38.4. The van der Waals surface area contributed by atoms with E-state index in [0.29, 0.717) is 51.9 Å². The van der Waals surface area contributed by atoms with E-state index in [9.17, 15) is 9.59 Å². The molecule has 4 aromatic carbocycles. The second-order valence-corrected chi connectivity index (χ2v) is 14.1. The van der Waals surface area contributed by atoms with E-state index in [1.54, 1.807) is 65.3 Å². The van der Waals surface area contributed by atoms with E-state index < -0.39 is 11.9 Å². The first-order chi connectivity index (χ1) is 26.9. The van der Waals surface area contributed by atoms with Crippen LogP contribution < -0.4 is 18.9 Å². The van der Waals surface area contributed by atoms with Gasteiger partial charge in [0.15, 0.2) is 11.5 Å². The molecular formula is C45H46BrN3O6. The molecule has 0 radical (unpaired) electrons. The molecule has 0 N–H and O–H groups in total. The third-order valence-corrected chi connectivity index (χ3v) is 9.93. The van der Waals surface area contributed by atoms with Gasteiger partial charge in [0.05, 0.1) is 30.0 Å². The monoisotopic (exact) mass is 803 g/mol. The van der Waals surface area contributed by atoms with Gasteiger partial charge >= 0.3 is 11.9 Å². The fourth-order valence-electron chi connectivity index (χ4n) is 6.06. The first-order valence-corrected chi connectivity index (χ1v) is 19.8. The number of hydrogen-bond donors (Lipinski definition) is 0. The molecule has 1 aliphatic carbocycles. The third-order valence-electron chi connectivity index (χ3n) is 9.22. The first-order valence-electron chi connectivity index (χ1n) is 19.0. The predicted molar refractivity (Wildman–Crippen MR) is 218 cm³/mol. The Kier molecular flexibility index (Phi) is 14.1. The molecule has 1 aliphatic rings. The van der Waals surface area contributed by atoms with Crippen LogP contribution in [0.1, 0.15) is 97.4 Å². The summed E-state index contributed by atoms with van der Waals surface area (Å²) in [7, 11) is 0. The molecule has 55 heavy (non-hydrogen) atoms. The minimum Gasteiger partial charge on any atom is -0.490 e. The zero-order valence-electron chi connectivity index (χ0n) is 31.3. The fraction of sp³-hybridized carbons (Fsp3) is 0.289. The molecular weight excluding hydrogens is 758 g/mol. The van der Waals surface area contributed by atoms with Crippen LogP contribution in [0.2, 0.25) is 0 Å². The number of esters is 2. The summed E-state index contributed by atoms with van der Waals surface area (Å²) in [5, 5.41) is 8.86. The summed E-state index contributed by atoms with van der Waals surface area (Å²) in [5.74, 6) is 1.29. The summed E-state index contributed by atoms with van der Waals surface area (Å²) in [6.45, 7) is 5.65. The third kappa shape index (κ3) is 10.6. The van der Waals surface area contributed by atoms with E-state index in [0.717, 1.165) is 48.2 Å². The van der Waals surface area contributed by atoms with Crippen LogP contribution in [-0.2, 0) is 0 Å². The molecule has 0 aliphatic heterocycles. The topological polar surface area (TPSA) is 102 Å². The number of carbonyl (C=O) groups excluding carboxylic acids is 2. The average molecular weight is 805 g/mol. The van der Waals surface area contributed by atoms with E-state index in [1.807, 2.05) is 42.5 Å². The van der Waals surface area contributed by atoms with Gasteiger partial charge in [-0.1, -0.05) is 106 Å². The van der Waals surface area contributed by atoms with E-state index in [-0.39, 0.29) is 5.92 Å². The van der Waals surface area contributed by atoms with Crippen molar-refractivity contribution in [1.82, 2.24) is 15.0 Å². The van der Waals surface area contributed by atoms with Crippen molar-refractivity contribution in [1.29, 1.82) is 0 Å². The number of allylic oxidation sites excluding steroid dienone is 4. The number of hydrogen-bond acceptors (Lipinski definition) is 8. The molecule has 0 unspecified atom stereocenters. The van der Waals surface area contributed by atoms with Gasteiger partial charge in [0, 0.05) is 17.5 Å². The van der Waals surface area contributed by atoms with Gasteiger partial charge in [-0.15, -0.1) is 5.10 Å². The number of unbranched alkanes of at least 4 members (excludes halogenated alkanes) is 6. The van der Waals surface area contributed by atoms with E-state index >= 15 is 0 Å². The summed E-state index contributed by atoms with van der Waals surface area (Å²) >= 11 is 3.69. The van der Waals surface area contributed by atoms with E-state index in [4.69, 9.17) is 18.9 Å². The van der Waals surface area contributed by atoms with Gasteiger partial charge in [-0.3, -0.25) is 0 Å². The number of carbonyl (C=O) groups is 2. The first kappa shape index (κ1) is 39.2. The van der Waals surface area contributed by atoms with Gasteiger partial charge in [0.1, 0.15) is 21.8 Å². The molecule has 0 spiro atoms. The van der Waals surface area contributed by atoms with Crippen molar-refractivity contribution in [2.75, 3.05) is 13.2 Å². The number of ether oxygens (including phenoxy) is 4. The molecule has 0 bridgehead atoms. The second kappa shape index (κ2) is 19.7. The number of rotatable bonds is 19. The summed E-state index contributed by atoms with van der Waals surface area (Å²) in [5.41, 5.74) is 4.07. The van der Waals surface area contributed by atoms with E-state index in [2.05, 4.69) is 52.2 Å². The predicted octanol–water partition coefficient (Wildman–Crippen LogP) is 11.3. The molecule has 1 aromatic heterocycles. The summed E-state index contributed by atoms with van der Waals surface area (Å²) < 4.78 is 25.8. The maximum absolute atomic E-state index is 13.0. The number of aromatic nitrogens is 3. The van der Waals surface area contributed by atoms with Gasteiger partial charge in [-0.05, 0) is 95.0 Å². The van der Waals surface area contributed by atoms with Crippen molar-refractivity contribution in [2.24, 2.45) is 0 Å². The highest BCUT2D eigenvalue weighted by Gasteiger charge is 2.18. The van der Waals surface area contributed by atoms with Crippen molar-refractivity contribution in [3.05, 3.63) is 137 Å². The van der Waals surface area contributed by atoms with Gasteiger partial charge in [-0.2, -0.15) is 0 Å². The fourth-order valence-corrected chi connectivity index (χ4v) is 6.65. The lowest BCUT2D eigenvalue weighted by molar-refractivity contribution is 0.0719. The molecule has 5 aromatic rings. The van der Waals surface area contributed by atoms with Crippen LogP contribution in [0.5, 0.6) is 23.0 Å². The van der Waals surface area contributed by atoms with Gasteiger partial charge in [0.2, 0.25) is 0 Å². The molecule has 6 rings (SSSR count). The normalized spacial score (nSPS) is 12.2. The standard InChI is InChI=1S/C45H46BrN3O6/c1-3-5-7-11-29-52-40-28-23-37(31-41(40)53-30-12-8-6-4-2)49-43(46)42(47-48-49)34-17-21-36(22-18-34)45(51)55-39-26-24-38(25-27-39)54-44(50)35-19-15-33(16-20-35)32-13-9-10-14-32/h9-10,13-28,31-32H,3-8,11-12,29-30H2,1-2H3. The minimum atomic E-state index is -0.527. The van der Waals surface area contributed by atoms with Crippen molar-refractivity contribution < 1.29 is 28.5 Å². The summed E-state index contributed by atoms with van der Waals surface area (Å²) in [6, 6.07) is 26.5. The van der Waals surface area contributed by atoms with Gasteiger partial charge in [0.25, 0.3) is 0 Å². The Labute approximate surface area is 331 Å². The highest BCUT2D eigenvalue weighted by atomic mass is 79.9. The Morgan fingerprint density at radius 2 is 1.20 bits per heavy atom. The van der Waals surface area contributed by atoms with Gasteiger partial charge in [-0.25, -0.2) is 14.3 Å². The molecule has 10 heteroatoms. The SMILES string of the molecule is CCCCCCOc1ccc(-n2nnc(-c3ccc(C(=O)Oc4ccc(OC(=O)c5ccc(C6C=CC=C6)cc5)cc4)cc3)c2Br)cc1OCCCCCC.